The molecule has 56 heavy (non-hydrogen) atoms. The minimum atomic E-state index is -4.31. The zero-order valence-corrected chi connectivity index (χ0v) is 37.2. The number of hydrogen-bond acceptors (Lipinski definition) is 6. The predicted molar refractivity (Wildman–Crippen MR) is 238 cm³/mol. The first kappa shape index (κ1) is 53.7. The molecule has 0 spiro atoms. The number of hydrogen-bond donors (Lipinski definition) is 1. The number of nitrogens with zero attached hydrogens (tertiary/aromatic N) is 1. The summed E-state index contributed by atoms with van der Waals surface area (Å²) in [6.07, 6.45) is 52.2. The lowest BCUT2D eigenvalue weighted by Gasteiger charge is -2.24. The normalized spacial score (nSPS) is 14.6. The number of phosphoric ester groups is 1. The van der Waals surface area contributed by atoms with Crippen LogP contribution < -0.4 is 0 Å². The standard InChI is InChI=1S/C47H82NO7P/c1-6-8-10-12-14-16-18-20-22-23-24-25-27-29-31-33-35-37-39-42-52-44-46(45-54-56(50,51)53-43-41-48(3,4)5)55-47(49)40-38-36-34-32-30-28-26-21-19-17-15-13-11-9-7-2/h9,11,15-18,21-23,26,30,32,36,38,46H,6-8,10,12-14,19-20,24-25,27-29,31,33-35,37,39-45H2,1-5H3/p+1/b11-9-,17-15-,18-16-,23-22-,26-21-,32-30-,38-36-. The predicted octanol–water partition coefficient (Wildman–Crippen LogP) is 12.9. The molecule has 1 N–H and O–H groups in total. The molecule has 0 bridgehead atoms. The number of allylic oxidation sites excluding steroid dienone is 13. The summed E-state index contributed by atoms with van der Waals surface area (Å²) in [6, 6.07) is 0. The number of esters is 1. The highest BCUT2D eigenvalue weighted by Gasteiger charge is 2.26. The SMILES string of the molecule is CC/C=C\C/C=C\C/C=C\C/C=C\C/C=C\CC(=O)OC(COCCCCCCCCCC/C=C\C/C=C\CCCCCC)COP(=O)(O)OCC[N+](C)(C)C. The summed E-state index contributed by atoms with van der Waals surface area (Å²) in [5.74, 6) is -0.445. The van der Waals surface area contributed by atoms with Crippen molar-refractivity contribution in [3.63, 3.8) is 0 Å². The summed E-state index contributed by atoms with van der Waals surface area (Å²) in [6.45, 7) is 5.32. The van der Waals surface area contributed by atoms with Crippen LogP contribution in [0.15, 0.2) is 85.1 Å². The molecular formula is C47H83NO7P+. The minimum absolute atomic E-state index is 0.0665. The third kappa shape index (κ3) is 42.8. The van der Waals surface area contributed by atoms with Crippen LogP contribution >= 0.6 is 7.82 Å². The van der Waals surface area contributed by atoms with E-state index in [0.717, 1.165) is 44.9 Å². The van der Waals surface area contributed by atoms with Crippen molar-refractivity contribution in [2.75, 3.05) is 54.1 Å². The Balaban J connectivity index is 4.37. The molecule has 0 saturated carbocycles. The fraction of sp³-hybridized carbons (Fsp3) is 0.681. The van der Waals surface area contributed by atoms with Crippen LogP contribution in [-0.4, -0.2) is 75.6 Å². The highest BCUT2D eigenvalue weighted by molar-refractivity contribution is 7.47. The maximum Gasteiger partial charge on any atom is 0.472 e. The molecule has 0 aliphatic carbocycles. The highest BCUT2D eigenvalue weighted by atomic mass is 31.2. The van der Waals surface area contributed by atoms with E-state index in [9.17, 15) is 14.3 Å². The van der Waals surface area contributed by atoms with Crippen molar-refractivity contribution < 1.29 is 37.3 Å². The molecule has 0 aliphatic heterocycles. The van der Waals surface area contributed by atoms with E-state index in [1.807, 2.05) is 27.2 Å². The van der Waals surface area contributed by atoms with Crippen molar-refractivity contribution in [2.45, 2.75) is 155 Å². The molecule has 0 fully saturated rings. The van der Waals surface area contributed by atoms with Crippen LogP contribution in [0.3, 0.4) is 0 Å². The van der Waals surface area contributed by atoms with Gasteiger partial charge in [-0.2, -0.15) is 0 Å². The van der Waals surface area contributed by atoms with Crippen molar-refractivity contribution in [3.05, 3.63) is 85.1 Å². The Morgan fingerprint density at radius 2 is 1.04 bits per heavy atom. The van der Waals surface area contributed by atoms with Gasteiger partial charge in [-0.05, 0) is 70.6 Å². The van der Waals surface area contributed by atoms with Gasteiger partial charge in [-0.25, -0.2) is 4.57 Å². The smallest absolute Gasteiger partial charge is 0.457 e. The van der Waals surface area contributed by atoms with Crippen molar-refractivity contribution in [1.82, 2.24) is 0 Å². The monoisotopic (exact) mass is 805 g/mol. The van der Waals surface area contributed by atoms with E-state index >= 15 is 0 Å². The van der Waals surface area contributed by atoms with E-state index in [-0.39, 0.29) is 26.2 Å². The van der Waals surface area contributed by atoms with Gasteiger partial charge in [0.15, 0.2) is 0 Å². The van der Waals surface area contributed by atoms with E-state index in [0.29, 0.717) is 24.1 Å². The van der Waals surface area contributed by atoms with E-state index in [2.05, 4.69) is 86.8 Å². The molecule has 2 atom stereocenters. The average Bonchev–Trinajstić information content (AvgIpc) is 3.15. The van der Waals surface area contributed by atoms with Crippen molar-refractivity contribution in [2.24, 2.45) is 0 Å². The molecule has 2 unspecified atom stereocenters. The summed E-state index contributed by atoms with van der Waals surface area (Å²) >= 11 is 0. The largest absolute Gasteiger partial charge is 0.472 e. The van der Waals surface area contributed by atoms with Gasteiger partial charge in [0.1, 0.15) is 19.3 Å². The fourth-order valence-corrected chi connectivity index (χ4v) is 6.10. The van der Waals surface area contributed by atoms with Crippen molar-refractivity contribution in [1.29, 1.82) is 0 Å². The molecule has 8 nitrogen and oxygen atoms in total. The Bertz CT molecular complexity index is 1170. The number of ether oxygens (including phenoxy) is 2. The second-order valence-electron chi connectivity index (χ2n) is 15.4. The molecule has 0 aromatic carbocycles. The van der Waals surface area contributed by atoms with E-state index < -0.39 is 19.9 Å². The van der Waals surface area contributed by atoms with Crippen LogP contribution in [0.1, 0.15) is 149 Å². The number of rotatable bonds is 39. The molecular weight excluding hydrogens is 721 g/mol. The number of phosphoric acid groups is 1. The first-order valence-electron chi connectivity index (χ1n) is 21.8. The van der Waals surface area contributed by atoms with Crippen molar-refractivity contribution in [3.8, 4) is 0 Å². The van der Waals surface area contributed by atoms with Gasteiger partial charge in [0, 0.05) is 6.61 Å². The molecule has 0 heterocycles. The van der Waals surface area contributed by atoms with Crippen LogP contribution in [0.5, 0.6) is 0 Å². The summed E-state index contributed by atoms with van der Waals surface area (Å²) in [4.78, 5) is 22.8. The van der Waals surface area contributed by atoms with Crippen LogP contribution in [0.4, 0.5) is 0 Å². The van der Waals surface area contributed by atoms with Gasteiger partial charge in [-0.15, -0.1) is 0 Å². The Morgan fingerprint density at radius 3 is 1.55 bits per heavy atom. The quantitative estimate of drug-likeness (QED) is 0.0217. The second kappa shape index (κ2) is 39.5. The zero-order valence-electron chi connectivity index (χ0n) is 36.3. The summed E-state index contributed by atoms with van der Waals surface area (Å²) in [5, 5.41) is 0. The molecule has 0 rings (SSSR count). The second-order valence-corrected chi connectivity index (χ2v) is 16.8. The van der Waals surface area contributed by atoms with Crippen LogP contribution in [0, 0.1) is 0 Å². The topological polar surface area (TPSA) is 91.3 Å². The molecule has 0 amide bonds. The highest BCUT2D eigenvalue weighted by Crippen LogP contribution is 2.43. The van der Waals surface area contributed by atoms with Gasteiger partial charge in [0.05, 0.1) is 40.8 Å². The van der Waals surface area contributed by atoms with Crippen LogP contribution in [0.25, 0.3) is 0 Å². The summed E-state index contributed by atoms with van der Waals surface area (Å²) in [7, 11) is 1.59. The van der Waals surface area contributed by atoms with Gasteiger partial charge in [0.25, 0.3) is 0 Å². The third-order valence-corrected chi connectivity index (χ3v) is 9.71. The van der Waals surface area contributed by atoms with Gasteiger partial charge in [-0.1, -0.05) is 157 Å². The minimum Gasteiger partial charge on any atom is -0.457 e. The van der Waals surface area contributed by atoms with Gasteiger partial charge >= 0.3 is 13.8 Å². The Kier molecular flexibility index (Phi) is 37.9. The molecule has 322 valence electrons. The summed E-state index contributed by atoms with van der Waals surface area (Å²) < 4.78 is 34.8. The van der Waals surface area contributed by atoms with Gasteiger partial charge in [0.2, 0.25) is 0 Å². The molecule has 0 saturated heterocycles. The molecule has 9 heteroatoms. The lowest BCUT2D eigenvalue weighted by Crippen LogP contribution is -2.37. The van der Waals surface area contributed by atoms with Crippen LogP contribution in [0.2, 0.25) is 0 Å². The maximum absolute atomic E-state index is 12.6. The lowest BCUT2D eigenvalue weighted by atomic mass is 10.1. The molecule has 0 aliphatic rings. The first-order valence-corrected chi connectivity index (χ1v) is 23.3. The number of quaternary nitrogens is 1. The van der Waals surface area contributed by atoms with Gasteiger partial charge < -0.3 is 18.9 Å². The van der Waals surface area contributed by atoms with E-state index in [4.69, 9.17) is 18.5 Å². The number of likely N-dealkylation sites (N-methyl/N-ethyl adjacent to an activating group) is 1. The van der Waals surface area contributed by atoms with Crippen LogP contribution in [-0.2, 0) is 27.9 Å². The maximum atomic E-state index is 12.6. The third-order valence-electron chi connectivity index (χ3n) is 8.72. The molecule has 0 aromatic heterocycles. The Hall–Kier alpha value is -2.32. The first-order chi connectivity index (χ1) is 27.1. The number of unbranched alkanes of at least 4 members (excludes halogenated alkanes) is 12. The van der Waals surface area contributed by atoms with E-state index in [1.165, 1.54) is 77.0 Å². The lowest BCUT2D eigenvalue weighted by molar-refractivity contribution is -0.870. The Morgan fingerprint density at radius 1 is 0.571 bits per heavy atom. The zero-order chi connectivity index (χ0) is 41.3. The summed E-state index contributed by atoms with van der Waals surface area (Å²) in [5.41, 5.74) is 0. The number of carbonyl (C=O) groups excluding carboxylic acids is 1. The number of carbonyl (C=O) groups is 1. The van der Waals surface area contributed by atoms with Crippen molar-refractivity contribution >= 4 is 13.8 Å². The van der Waals surface area contributed by atoms with Gasteiger partial charge in [-0.3, -0.25) is 13.8 Å². The average molecular weight is 805 g/mol. The molecule has 0 aromatic rings. The van der Waals surface area contributed by atoms with E-state index in [1.54, 1.807) is 6.08 Å². The fourth-order valence-electron chi connectivity index (χ4n) is 5.36. The molecule has 0 radical (unpaired) electrons. The Labute approximate surface area is 344 Å².